The molecule has 0 aliphatic carbocycles. The first kappa shape index (κ1) is 22.0. The molecule has 8 heteroatoms. The van der Waals surface area contributed by atoms with Crippen molar-refractivity contribution in [1.82, 2.24) is 14.9 Å². The topological polar surface area (TPSA) is 75.6 Å². The summed E-state index contributed by atoms with van der Waals surface area (Å²) in [5, 5.41) is 0.596. The third-order valence-electron chi connectivity index (χ3n) is 5.69. The molecule has 4 rings (SSSR count). The Labute approximate surface area is 192 Å². The maximum Gasteiger partial charge on any atom is 0.360 e. The van der Waals surface area contributed by atoms with Crippen molar-refractivity contribution in [3.63, 3.8) is 0 Å². The van der Waals surface area contributed by atoms with Gasteiger partial charge in [0, 0.05) is 36.8 Å². The van der Waals surface area contributed by atoms with Crippen LogP contribution in [-0.2, 0) is 4.74 Å². The summed E-state index contributed by atoms with van der Waals surface area (Å²) in [5.41, 5.74) is 4.41. The Morgan fingerprint density at radius 3 is 2.16 bits per heavy atom. The molecule has 0 saturated carbocycles. The molecule has 0 radical (unpaired) electrons. The molecule has 1 fully saturated rings. The molecule has 2 aromatic carbocycles. The van der Waals surface area contributed by atoms with Gasteiger partial charge in [0.25, 0.3) is 5.91 Å². The highest BCUT2D eigenvalue weighted by atomic mass is 35.5. The average molecular weight is 453 g/mol. The maximum atomic E-state index is 12.8. The molecule has 1 aliphatic heterocycles. The lowest BCUT2D eigenvalue weighted by atomic mass is 10.1. The zero-order valence-electron chi connectivity index (χ0n) is 18.4. The second kappa shape index (κ2) is 9.12. The number of anilines is 1. The van der Waals surface area contributed by atoms with Crippen molar-refractivity contribution >= 4 is 40.3 Å². The Balaban J connectivity index is 1.60. The summed E-state index contributed by atoms with van der Waals surface area (Å²) in [7, 11) is 0. The number of rotatable bonds is 4. The Morgan fingerprint density at radius 1 is 0.969 bits per heavy atom. The number of benzene rings is 2. The molecule has 1 saturated heterocycles. The highest BCUT2D eigenvalue weighted by Crippen LogP contribution is 2.25. The summed E-state index contributed by atoms with van der Waals surface area (Å²) in [5.74, 6) is -0.0322. The van der Waals surface area contributed by atoms with Gasteiger partial charge in [0.15, 0.2) is 11.5 Å². The molecule has 32 heavy (non-hydrogen) atoms. The molecule has 1 amide bonds. The predicted octanol–water partition coefficient (Wildman–Crippen LogP) is 4.04. The normalized spacial score (nSPS) is 14.0. The molecule has 0 bridgehead atoms. The van der Waals surface area contributed by atoms with Gasteiger partial charge in [-0.3, -0.25) is 4.79 Å². The SMILES string of the molecule is CCOC(=O)c1nc2cc(C)c(C)cc2nc1N1CCN(C(=O)c2ccc(Cl)cc2)CC1. The van der Waals surface area contributed by atoms with Crippen molar-refractivity contribution in [2.75, 3.05) is 37.7 Å². The van der Waals surface area contributed by atoms with Gasteiger partial charge in [-0.25, -0.2) is 14.8 Å². The number of halogens is 1. The van der Waals surface area contributed by atoms with Gasteiger partial charge < -0.3 is 14.5 Å². The van der Waals surface area contributed by atoms with Crippen LogP contribution in [-0.4, -0.2) is 59.5 Å². The first-order valence-electron chi connectivity index (χ1n) is 10.6. The summed E-state index contributed by atoms with van der Waals surface area (Å²) in [4.78, 5) is 38.7. The fraction of sp³-hybridized carbons (Fsp3) is 0.333. The minimum atomic E-state index is -0.491. The number of carbonyl (C=O) groups excluding carboxylic acids is 2. The van der Waals surface area contributed by atoms with E-state index in [2.05, 4.69) is 4.98 Å². The lowest BCUT2D eigenvalue weighted by molar-refractivity contribution is 0.0519. The van der Waals surface area contributed by atoms with Gasteiger partial charge in [-0.1, -0.05) is 11.6 Å². The van der Waals surface area contributed by atoms with E-state index in [4.69, 9.17) is 21.3 Å². The van der Waals surface area contributed by atoms with E-state index >= 15 is 0 Å². The number of hydrogen-bond donors (Lipinski definition) is 0. The second-order valence-electron chi connectivity index (χ2n) is 7.83. The number of amides is 1. The number of piperazine rings is 1. The van der Waals surface area contributed by atoms with Gasteiger partial charge in [-0.15, -0.1) is 0 Å². The Hall–Kier alpha value is -3.19. The fourth-order valence-corrected chi connectivity index (χ4v) is 3.88. The van der Waals surface area contributed by atoms with Gasteiger partial charge in [-0.2, -0.15) is 0 Å². The first-order valence-corrected chi connectivity index (χ1v) is 11.0. The van der Waals surface area contributed by atoms with Crippen LogP contribution in [0.15, 0.2) is 36.4 Å². The van der Waals surface area contributed by atoms with E-state index in [0.29, 0.717) is 48.1 Å². The van der Waals surface area contributed by atoms with Crippen LogP contribution < -0.4 is 4.90 Å². The minimum absolute atomic E-state index is 0.0392. The molecule has 3 aromatic rings. The summed E-state index contributed by atoms with van der Waals surface area (Å²) in [6, 6.07) is 10.8. The summed E-state index contributed by atoms with van der Waals surface area (Å²) < 4.78 is 5.25. The lowest BCUT2D eigenvalue weighted by Gasteiger charge is -2.36. The van der Waals surface area contributed by atoms with Crippen molar-refractivity contribution in [1.29, 1.82) is 0 Å². The number of carbonyl (C=O) groups is 2. The van der Waals surface area contributed by atoms with E-state index in [1.54, 1.807) is 36.1 Å². The molecular weight excluding hydrogens is 428 g/mol. The molecule has 0 spiro atoms. The number of esters is 1. The molecule has 166 valence electrons. The fourth-order valence-electron chi connectivity index (χ4n) is 3.76. The van der Waals surface area contributed by atoms with Crippen LogP contribution >= 0.6 is 11.6 Å². The molecule has 2 heterocycles. The van der Waals surface area contributed by atoms with Gasteiger partial charge in [0.2, 0.25) is 0 Å². The van der Waals surface area contributed by atoms with Crippen molar-refractivity contribution in [2.45, 2.75) is 20.8 Å². The van der Waals surface area contributed by atoms with Crippen LogP contribution in [0.1, 0.15) is 38.9 Å². The first-order chi connectivity index (χ1) is 15.4. The molecule has 1 aromatic heterocycles. The van der Waals surface area contributed by atoms with E-state index in [1.165, 1.54) is 0 Å². The van der Waals surface area contributed by atoms with Crippen molar-refractivity contribution in [2.24, 2.45) is 0 Å². The van der Waals surface area contributed by atoms with E-state index in [0.717, 1.165) is 16.6 Å². The monoisotopic (exact) mass is 452 g/mol. The van der Waals surface area contributed by atoms with Gasteiger partial charge in [0.1, 0.15) is 0 Å². The van der Waals surface area contributed by atoms with Crippen LogP contribution in [0.3, 0.4) is 0 Å². The van der Waals surface area contributed by atoms with E-state index < -0.39 is 5.97 Å². The van der Waals surface area contributed by atoms with Crippen LogP contribution in [0, 0.1) is 13.8 Å². The van der Waals surface area contributed by atoms with Gasteiger partial charge in [-0.05, 0) is 68.3 Å². The summed E-state index contributed by atoms with van der Waals surface area (Å²) >= 11 is 5.93. The van der Waals surface area contributed by atoms with Gasteiger partial charge in [0.05, 0.1) is 17.6 Å². The van der Waals surface area contributed by atoms with Crippen LogP contribution in [0.2, 0.25) is 5.02 Å². The van der Waals surface area contributed by atoms with Crippen LogP contribution in [0.25, 0.3) is 11.0 Å². The quantitative estimate of drug-likeness (QED) is 0.556. The third kappa shape index (κ3) is 4.39. The zero-order valence-corrected chi connectivity index (χ0v) is 19.1. The third-order valence-corrected chi connectivity index (χ3v) is 5.94. The number of aryl methyl sites for hydroxylation is 2. The predicted molar refractivity (Wildman–Crippen MR) is 125 cm³/mol. The Bertz CT molecular complexity index is 1170. The molecule has 7 nitrogen and oxygen atoms in total. The smallest absolute Gasteiger partial charge is 0.360 e. The number of ether oxygens (including phenoxy) is 1. The maximum absolute atomic E-state index is 12.8. The highest BCUT2D eigenvalue weighted by molar-refractivity contribution is 6.30. The standard InChI is InChI=1S/C24H25ClN4O3/c1-4-32-24(31)21-22(27-20-14-16(3)15(2)13-19(20)26-21)28-9-11-29(12-10-28)23(30)17-5-7-18(25)8-6-17/h5-8,13-14H,4,9-12H2,1-3H3. The van der Waals surface area contributed by atoms with E-state index in [1.807, 2.05) is 30.9 Å². The minimum Gasteiger partial charge on any atom is -0.461 e. The van der Waals surface area contributed by atoms with Gasteiger partial charge >= 0.3 is 5.97 Å². The van der Waals surface area contributed by atoms with E-state index in [9.17, 15) is 9.59 Å². The number of hydrogen-bond acceptors (Lipinski definition) is 6. The van der Waals surface area contributed by atoms with Crippen molar-refractivity contribution in [3.8, 4) is 0 Å². The lowest BCUT2D eigenvalue weighted by Crippen LogP contribution is -2.49. The van der Waals surface area contributed by atoms with Crippen molar-refractivity contribution < 1.29 is 14.3 Å². The molecule has 0 atom stereocenters. The number of aromatic nitrogens is 2. The molecular formula is C24H25ClN4O3. The number of fused-ring (bicyclic) bond motifs is 1. The Morgan fingerprint density at radius 2 is 1.56 bits per heavy atom. The molecule has 0 unspecified atom stereocenters. The summed E-state index contributed by atoms with van der Waals surface area (Å²) in [6.45, 7) is 8.15. The largest absolute Gasteiger partial charge is 0.461 e. The highest BCUT2D eigenvalue weighted by Gasteiger charge is 2.28. The molecule has 0 N–H and O–H groups in total. The Kier molecular flexibility index (Phi) is 6.28. The van der Waals surface area contributed by atoms with E-state index in [-0.39, 0.29) is 18.2 Å². The zero-order chi connectivity index (χ0) is 22.8. The summed E-state index contributed by atoms with van der Waals surface area (Å²) in [6.07, 6.45) is 0. The molecule has 1 aliphatic rings. The average Bonchev–Trinajstić information content (AvgIpc) is 2.79. The van der Waals surface area contributed by atoms with Crippen LogP contribution in [0.5, 0.6) is 0 Å². The van der Waals surface area contributed by atoms with Crippen LogP contribution in [0.4, 0.5) is 5.82 Å². The second-order valence-corrected chi connectivity index (χ2v) is 8.26. The number of nitrogens with zero attached hydrogens (tertiary/aromatic N) is 4. The van der Waals surface area contributed by atoms with Crippen molar-refractivity contribution in [3.05, 3.63) is 63.8 Å².